The number of aliphatic carboxylic acids is 1. The molecule has 0 aromatic carbocycles. The van der Waals surface area contributed by atoms with E-state index in [0.29, 0.717) is 5.76 Å². The maximum atomic E-state index is 10.0. The van der Waals surface area contributed by atoms with Gasteiger partial charge in [-0.15, -0.1) is 5.53 Å². The van der Waals surface area contributed by atoms with Gasteiger partial charge in [-0.2, -0.15) is 0 Å². The minimum Gasteiger partial charge on any atom is -0.478 e. The SMILES string of the molecule is O=C(O)C=Cc1cc(Br)co1.[N-]=[N+]=N. The molecule has 2 N–H and O–H groups in total. The highest BCUT2D eigenvalue weighted by Gasteiger charge is 1.94. The van der Waals surface area contributed by atoms with Gasteiger partial charge in [0.15, 0.2) is 0 Å². The minimum absolute atomic E-state index is 0.513. The van der Waals surface area contributed by atoms with Gasteiger partial charge in [0.25, 0.3) is 0 Å². The topological polar surface area (TPSA) is 111 Å². The van der Waals surface area contributed by atoms with Crippen LogP contribution in [-0.2, 0) is 4.79 Å². The Balaban J connectivity index is 0.000000500. The van der Waals surface area contributed by atoms with Crippen molar-refractivity contribution in [2.45, 2.75) is 0 Å². The van der Waals surface area contributed by atoms with Crippen LogP contribution in [0.4, 0.5) is 0 Å². The normalized spacial score (nSPS) is 8.93. The molecular formula is C7H6BrN3O3. The van der Waals surface area contributed by atoms with E-state index in [1.54, 1.807) is 11.0 Å². The van der Waals surface area contributed by atoms with Crippen molar-refractivity contribution in [3.63, 3.8) is 0 Å². The van der Waals surface area contributed by atoms with E-state index in [1.165, 1.54) is 12.3 Å². The molecule has 0 bridgehead atoms. The second kappa shape index (κ2) is 6.76. The van der Waals surface area contributed by atoms with E-state index in [2.05, 4.69) is 15.9 Å². The van der Waals surface area contributed by atoms with Gasteiger partial charge in [-0.1, -0.05) is 0 Å². The highest BCUT2D eigenvalue weighted by Crippen LogP contribution is 2.14. The molecule has 74 valence electrons. The summed E-state index contributed by atoms with van der Waals surface area (Å²) in [4.78, 5) is 11.8. The Morgan fingerprint density at radius 2 is 2.36 bits per heavy atom. The number of hydrogen-bond donors (Lipinski definition) is 2. The number of nitrogens with one attached hydrogen (secondary N) is 1. The average molecular weight is 260 g/mol. The molecule has 1 heterocycles. The predicted molar refractivity (Wildman–Crippen MR) is 52.5 cm³/mol. The lowest BCUT2D eigenvalue weighted by atomic mass is 10.4. The van der Waals surface area contributed by atoms with Gasteiger partial charge in [-0.05, 0) is 38.5 Å². The molecule has 0 aliphatic carbocycles. The van der Waals surface area contributed by atoms with Crippen LogP contribution in [0.3, 0.4) is 0 Å². The molecule has 6 nitrogen and oxygen atoms in total. The van der Waals surface area contributed by atoms with Crippen LogP contribution in [0, 0.1) is 5.53 Å². The van der Waals surface area contributed by atoms with E-state index >= 15 is 0 Å². The largest absolute Gasteiger partial charge is 0.478 e. The lowest BCUT2D eigenvalue weighted by Gasteiger charge is -1.79. The highest BCUT2D eigenvalue weighted by molar-refractivity contribution is 9.10. The summed E-state index contributed by atoms with van der Waals surface area (Å²) in [7, 11) is 0. The third kappa shape index (κ3) is 5.87. The van der Waals surface area contributed by atoms with Crippen LogP contribution in [-0.4, -0.2) is 11.1 Å². The predicted octanol–water partition coefficient (Wildman–Crippen LogP) is 3.02. The summed E-state index contributed by atoms with van der Waals surface area (Å²) in [5.41, 5.74) is 12.2. The Hall–Kier alpha value is -1.72. The van der Waals surface area contributed by atoms with Gasteiger partial charge in [0.2, 0.25) is 0 Å². The Morgan fingerprint density at radius 3 is 2.71 bits per heavy atom. The molecule has 0 amide bonds. The summed E-state index contributed by atoms with van der Waals surface area (Å²) in [5, 5.41) is 8.24. The second-order valence-electron chi connectivity index (χ2n) is 1.94. The van der Waals surface area contributed by atoms with Crippen molar-refractivity contribution in [3.8, 4) is 0 Å². The lowest BCUT2D eigenvalue weighted by Crippen LogP contribution is -1.84. The van der Waals surface area contributed by atoms with Crippen molar-refractivity contribution >= 4 is 28.0 Å². The van der Waals surface area contributed by atoms with Gasteiger partial charge >= 0.3 is 5.97 Å². The number of carboxylic acids is 1. The van der Waals surface area contributed by atoms with Crippen molar-refractivity contribution in [1.29, 1.82) is 5.53 Å². The fraction of sp³-hybridized carbons (Fsp3) is 0. The first-order valence-corrected chi connectivity index (χ1v) is 4.05. The minimum atomic E-state index is -0.988. The fourth-order valence-electron chi connectivity index (χ4n) is 0.569. The zero-order valence-corrected chi connectivity index (χ0v) is 8.43. The first-order chi connectivity index (χ1) is 6.60. The van der Waals surface area contributed by atoms with Crippen LogP contribution in [0.15, 0.2) is 27.3 Å². The molecule has 0 saturated carbocycles. The van der Waals surface area contributed by atoms with E-state index in [-0.39, 0.29) is 0 Å². The number of carboxylic acid groups (broad SMARTS) is 1. The van der Waals surface area contributed by atoms with Gasteiger partial charge in [0, 0.05) is 6.08 Å². The van der Waals surface area contributed by atoms with E-state index in [1.807, 2.05) is 0 Å². The number of furan rings is 1. The molecule has 1 aromatic rings. The summed E-state index contributed by atoms with van der Waals surface area (Å²) in [6, 6.07) is 1.68. The average Bonchev–Trinajstić information content (AvgIpc) is 2.49. The van der Waals surface area contributed by atoms with Crippen molar-refractivity contribution in [2.24, 2.45) is 0 Å². The van der Waals surface area contributed by atoms with Crippen LogP contribution in [0.25, 0.3) is 16.5 Å². The number of halogens is 1. The van der Waals surface area contributed by atoms with Gasteiger partial charge in [0.05, 0.1) is 4.47 Å². The molecule has 0 unspecified atom stereocenters. The van der Waals surface area contributed by atoms with E-state index < -0.39 is 5.97 Å². The second-order valence-corrected chi connectivity index (χ2v) is 2.85. The maximum absolute atomic E-state index is 10.0. The van der Waals surface area contributed by atoms with Crippen LogP contribution in [0.2, 0.25) is 0 Å². The zero-order valence-electron chi connectivity index (χ0n) is 6.85. The standard InChI is InChI=1S/C7H5BrO3.HN3/c8-5-3-6(11-4-5)1-2-7(9)10;1-3-2/h1-4H,(H,9,10);1H. The Bertz CT molecular complexity index is 366. The first-order valence-electron chi connectivity index (χ1n) is 3.26. The van der Waals surface area contributed by atoms with Crippen LogP contribution < -0.4 is 0 Å². The molecule has 0 spiro atoms. The summed E-state index contributed by atoms with van der Waals surface area (Å²) >= 11 is 3.16. The van der Waals surface area contributed by atoms with E-state index in [0.717, 1.165) is 10.5 Å². The summed E-state index contributed by atoms with van der Waals surface area (Å²) in [6.07, 6.45) is 3.89. The molecule has 0 radical (unpaired) electrons. The van der Waals surface area contributed by atoms with Gasteiger partial charge in [-0.3, -0.25) is 0 Å². The molecule has 1 rings (SSSR count). The number of rotatable bonds is 2. The first kappa shape index (κ1) is 12.3. The van der Waals surface area contributed by atoms with Crippen molar-refractivity contribution in [2.75, 3.05) is 0 Å². The number of nitrogens with zero attached hydrogens (tertiary/aromatic N) is 2. The van der Waals surface area contributed by atoms with Crippen LogP contribution in [0.1, 0.15) is 5.76 Å². The van der Waals surface area contributed by atoms with E-state index in [4.69, 9.17) is 20.6 Å². The third-order valence-corrected chi connectivity index (χ3v) is 1.39. The Labute approximate surface area is 87.4 Å². The summed E-state index contributed by atoms with van der Waals surface area (Å²) in [6.45, 7) is 0. The van der Waals surface area contributed by atoms with E-state index in [9.17, 15) is 4.79 Å². The molecule has 0 atom stereocenters. The van der Waals surface area contributed by atoms with Gasteiger partial charge in [0.1, 0.15) is 12.0 Å². The fourth-order valence-corrected chi connectivity index (χ4v) is 0.888. The van der Waals surface area contributed by atoms with Gasteiger partial charge in [-0.25, -0.2) is 4.79 Å². The third-order valence-electron chi connectivity index (χ3n) is 0.978. The monoisotopic (exact) mass is 259 g/mol. The number of hydrogen-bond acceptors (Lipinski definition) is 3. The lowest BCUT2D eigenvalue weighted by molar-refractivity contribution is -0.131. The highest BCUT2D eigenvalue weighted by atomic mass is 79.9. The van der Waals surface area contributed by atoms with Gasteiger partial charge < -0.3 is 9.52 Å². The zero-order chi connectivity index (χ0) is 11.0. The summed E-state index contributed by atoms with van der Waals surface area (Å²) < 4.78 is 5.71. The molecule has 1 aromatic heterocycles. The maximum Gasteiger partial charge on any atom is 0.328 e. The van der Waals surface area contributed by atoms with Crippen molar-refractivity contribution in [3.05, 3.63) is 39.1 Å². The number of carbonyl (C=O) groups is 1. The van der Waals surface area contributed by atoms with Crippen molar-refractivity contribution < 1.29 is 14.3 Å². The van der Waals surface area contributed by atoms with Crippen LogP contribution >= 0.6 is 15.9 Å². The molecule has 0 aliphatic heterocycles. The van der Waals surface area contributed by atoms with Crippen LogP contribution in [0.5, 0.6) is 0 Å². The smallest absolute Gasteiger partial charge is 0.328 e. The Kier molecular flexibility index (Phi) is 5.93. The van der Waals surface area contributed by atoms with Crippen molar-refractivity contribution in [1.82, 2.24) is 0 Å². The summed E-state index contributed by atoms with van der Waals surface area (Å²) in [5.74, 6) is -0.475. The quantitative estimate of drug-likeness (QED) is 0.369. The molecule has 0 aliphatic rings. The molecule has 0 fully saturated rings. The molecule has 14 heavy (non-hydrogen) atoms. The molecule has 7 heteroatoms. The molecular weight excluding hydrogens is 254 g/mol. The molecule has 0 saturated heterocycles. The Morgan fingerprint density at radius 1 is 1.79 bits per heavy atom.